The standard InChI is InChI=1S/C42H32O7/c1-41(2,3)23-9-11-25-21(15-23)7-13-31-27(25)17-29(39(43)48-31)33-19-35-37(46-33)38-36(45-35)20-34(47-38)30-18-28-26-12-10-24(42(4,5)6)16-22(26)8-14-32(28)49-40(30)44/h7-20H,1-6H3. The summed E-state index contributed by atoms with van der Waals surface area (Å²) in [6, 6.07) is 27.2. The van der Waals surface area contributed by atoms with Gasteiger partial charge in [-0.25, -0.2) is 9.59 Å². The number of hydrogen-bond acceptors (Lipinski definition) is 7. The van der Waals surface area contributed by atoms with Crippen molar-refractivity contribution >= 4 is 65.8 Å². The van der Waals surface area contributed by atoms with E-state index < -0.39 is 11.3 Å². The van der Waals surface area contributed by atoms with E-state index in [0.717, 1.165) is 32.3 Å². The van der Waals surface area contributed by atoms with Gasteiger partial charge in [0.05, 0.1) is 0 Å². The highest BCUT2D eigenvalue weighted by molar-refractivity contribution is 6.08. The summed E-state index contributed by atoms with van der Waals surface area (Å²) in [4.78, 5) is 26.4. The lowest BCUT2D eigenvalue weighted by molar-refractivity contribution is 0.551. The van der Waals surface area contributed by atoms with Gasteiger partial charge in [0.1, 0.15) is 33.8 Å². The van der Waals surface area contributed by atoms with Gasteiger partial charge < -0.3 is 22.1 Å². The predicted octanol–water partition coefficient (Wildman–Crippen LogP) is 11.2. The van der Waals surface area contributed by atoms with Crippen LogP contribution in [0.25, 0.3) is 88.5 Å². The normalized spacial score (nSPS) is 12.9. The molecular formula is C42H32O7. The molecule has 0 radical (unpaired) electrons. The zero-order valence-corrected chi connectivity index (χ0v) is 27.9. The average molecular weight is 649 g/mol. The van der Waals surface area contributed by atoms with Gasteiger partial charge in [-0.15, -0.1) is 0 Å². The Morgan fingerprint density at radius 3 is 1.24 bits per heavy atom. The third-order valence-electron chi connectivity index (χ3n) is 9.55. The van der Waals surface area contributed by atoms with Crippen LogP contribution in [-0.4, -0.2) is 0 Å². The van der Waals surface area contributed by atoms with Gasteiger partial charge in [-0.2, -0.15) is 0 Å². The number of furan rings is 3. The molecule has 0 saturated carbocycles. The fourth-order valence-electron chi connectivity index (χ4n) is 6.74. The van der Waals surface area contributed by atoms with Crippen molar-refractivity contribution in [2.24, 2.45) is 0 Å². The van der Waals surface area contributed by atoms with Crippen LogP contribution in [0.1, 0.15) is 52.7 Å². The number of fused-ring (bicyclic) bond motifs is 9. The fourth-order valence-corrected chi connectivity index (χ4v) is 6.74. The molecule has 0 unspecified atom stereocenters. The van der Waals surface area contributed by atoms with Crippen LogP contribution in [0.4, 0.5) is 0 Å². The molecule has 5 aromatic heterocycles. The lowest BCUT2D eigenvalue weighted by atomic mass is 9.85. The molecule has 9 aromatic rings. The van der Waals surface area contributed by atoms with E-state index in [-0.39, 0.29) is 22.0 Å². The minimum Gasteiger partial charge on any atom is -0.449 e. The van der Waals surface area contributed by atoms with E-state index >= 15 is 0 Å². The second kappa shape index (κ2) is 9.86. The van der Waals surface area contributed by atoms with Gasteiger partial charge in [-0.3, -0.25) is 0 Å². The number of rotatable bonds is 2. The summed E-state index contributed by atoms with van der Waals surface area (Å²) < 4.78 is 30.0. The molecule has 0 atom stereocenters. The predicted molar refractivity (Wildman–Crippen MR) is 194 cm³/mol. The summed E-state index contributed by atoms with van der Waals surface area (Å²) in [5.74, 6) is 0.581. The van der Waals surface area contributed by atoms with Crippen molar-refractivity contribution in [2.75, 3.05) is 0 Å². The van der Waals surface area contributed by atoms with Crippen LogP contribution in [-0.2, 0) is 10.8 Å². The fraction of sp³-hybridized carbons (Fsp3) is 0.190. The monoisotopic (exact) mass is 648 g/mol. The molecule has 4 aromatic carbocycles. The van der Waals surface area contributed by atoms with Crippen LogP contribution < -0.4 is 11.3 Å². The van der Waals surface area contributed by atoms with E-state index in [2.05, 4.69) is 77.9 Å². The molecule has 0 spiro atoms. The van der Waals surface area contributed by atoms with Crippen molar-refractivity contribution in [3.05, 3.63) is 117 Å². The Kier molecular flexibility index (Phi) is 5.90. The van der Waals surface area contributed by atoms with E-state index in [1.54, 1.807) is 24.3 Å². The van der Waals surface area contributed by atoms with Crippen LogP contribution in [0.5, 0.6) is 0 Å². The van der Waals surface area contributed by atoms with Gasteiger partial charge in [0.25, 0.3) is 0 Å². The van der Waals surface area contributed by atoms with E-state index in [1.807, 2.05) is 24.3 Å². The Morgan fingerprint density at radius 2 is 0.837 bits per heavy atom. The molecule has 0 bridgehead atoms. The van der Waals surface area contributed by atoms with Crippen molar-refractivity contribution in [3.63, 3.8) is 0 Å². The Bertz CT molecular complexity index is 2740. The molecule has 9 rings (SSSR count). The molecule has 0 aliphatic rings. The third kappa shape index (κ3) is 4.56. The van der Waals surface area contributed by atoms with E-state index in [9.17, 15) is 9.59 Å². The van der Waals surface area contributed by atoms with Gasteiger partial charge in [0, 0.05) is 22.9 Å². The highest BCUT2D eigenvalue weighted by Crippen LogP contribution is 2.40. The molecule has 0 saturated heterocycles. The highest BCUT2D eigenvalue weighted by Gasteiger charge is 2.24. The molecule has 49 heavy (non-hydrogen) atoms. The molecular weight excluding hydrogens is 616 g/mol. The van der Waals surface area contributed by atoms with Crippen molar-refractivity contribution in [2.45, 2.75) is 52.4 Å². The third-order valence-corrected chi connectivity index (χ3v) is 9.55. The minimum absolute atomic E-state index is 0.0000376. The molecule has 0 amide bonds. The largest absolute Gasteiger partial charge is 0.449 e. The summed E-state index contributed by atoms with van der Waals surface area (Å²) >= 11 is 0. The summed E-state index contributed by atoms with van der Waals surface area (Å²) in [5.41, 5.74) is 4.38. The second-order valence-electron chi connectivity index (χ2n) is 14.9. The van der Waals surface area contributed by atoms with Crippen molar-refractivity contribution in [1.82, 2.24) is 0 Å². The van der Waals surface area contributed by atoms with Crippen LogP contribution in [0.3, 0.4) is 0 Å². The highest BCUT2D eigenvalue weighted by atomic mass is 16.4. The first-order chi connectivity index (χ1) is 23.3. The molecule has 7 nitrogen and oxygen atoms in total. The summed E-state index contributed by atoms with van der Waals surface area (Å²) in [5, 5.41) is 5.66. The van der Waals surface area contributed by atoms with Gasteiger partial charge in [-0.1, -0.05) is 90.1 Å². The van der Waals surface area contributed by atoms with Gasteiger partial charge in [-0.05, 0) is 67.8 Å². The molecule has 0 fully saturated rings. The average Bonchev–Trinajstić information content (AvgIpc) is 3.73. The smallest absolute Gasteiger partial charge is 0.347 e. The molecule has 0 N–H and O–H groups in total. The Balaban J connectivity index is 1.15. The van der Waals surface area contributed by atoms with Crippen molar-refractivity contribution in [3.8, 4) is 22.6 Å². The molecule has 7 heteroatoms. The van der Waals surface area contributed by atoms with E-state index in [1.165, 1.54) is 11.1 Å². The first-order valence-corrected chi connectivity index (χ1v) is 16.3. The molecule has 0 aliphatic carbocycles. The zero-order chi connectivity index (χ0) is 34.0. The summed E-state index contributed by atoms with van der Waals surface area (Å²) in [6.07, 6.45) is 0. The lowest BCUT2D eigenvalue weighted by Gasteiger charge is -2.19. The molecule has 0 aliphatic heterocycles. The maximum absolute atomic E-state index is 13.2. The topological polar surface area (TPSA) is 99.8 Å². The lowest BCUT2D eigenvalue weighted by Crippen LogP contribution is -2.10. The molecule has 5 heterocycles. The zero-order valence-electron chi connectivity index (χ0n) is 27.9. The van der Waals surface area contributed by atoms with Gasteiger partial charge >= 0.3 is 11.3 Å². The Morgan fingerprint density at radius 1 is 0.408 bits per heavy atom. The summed E-state index contributed by atoms with van der Waals surface area (Å²) in [6.45, 7) is 13.1. The number of hydrogen-bond donors (Lipinski definition) is 0. The second-order valence-corrected chi connectivity index (χ2v) is 14.9. The van der Waals surface area contributed by atoms with Gasteiger partial charge in [0.2, 0.25) is 11.2 Å². The Labute approximate surface area is 279 Å². The van der Waals surface area contributed by atoms with Crippen LogP contribution >= 0.6 is 0 Å². The maximum Gasteiger partial charge on any atom is 0.347 e. The quantitative estimate of drug-likeness (QED) is 0.136. The van der Waals surface area contributed by atoms with E-state index in [4.69, 9.17) is 22.1 Å². The van der Waals surface area contributed by atoms with Crippen molar-refractivity contribution in [1.29, 1.82) is 0 Å². The van der Waals surface area contributed by atoms with E-state index in [0.29, 0.717) is 45.0 Å². The number of benzene rings is 4. The Hall–Kier alpha value is -5.82. The first-order valence-electron chi connectivity index (χ1n) is 16.3. The van der Waals surface area contributed by atoms with Crippen LogP contribution in [0, 0.1) is 0 Å². The summed E-state index contributed by atoms with van der Waals surface area (Å²) in [7, 11) is 0. The molecule has 242 valence electrons. The van der Waals surface area contributed by atoms with Crippen molar-refractivity contribution < 1.29 is 22.1 Å². The van der Waals surface area contributed by atoms with Crippen LogP contribution in [0.2, 0.25) is 0 Å². The minimum atomic E-state index is -0.526. The SMILES string of the molecule is CC(C)(C)c1ccc2c(ccc3oc(=O)c(-c4cc5oc6cc(-c7cc8c(ccc9cc(C(C)(C)C)ccc98)oc7=O)oc6c5o4)cc32)c1. The van der Waals surface area contributed by atoms with Crippen LogP contribution in [0.15, 0.2) is 117 Å². The first kappa shape index (κ1) is 29.3. The maximum atomic E-state index is 13.2. The van der Waals surface area contributed by atoms with Gasteiger partial charge in [0.15, 0.2) is 11.2 Å².